The van der Waals surface area contributed by atoms with E-state index in [4.69, 9.17) is 0 Å². The average Bonchev–Trinajstić information content (AvgIpc) is 3.08. The Bertz CT molecular complexity index is 602. The summed E-state index contributed by atoms with van der Waals surface area (Å²) in [6.07, 6.45) is 4.96. The van der Waals surface area contributed by atoms with Crippen molar-refractivity contribution in [3.63, 3.8) is 0 Å². The van der Waals surface area contributed by atoms with Crippen LogP contribution in [-0.2, 0) is 6.54 Å². The Balaban J connectivity index is 1.68. The number of hydrogen-bond donors (Lipinski definition) is 1. The first kappa shape index (κ1) is 10.9. The van der Waals surface area contributed by atoms with Crippen molar-refractivity contribution in [2.24, 2.45) is 0 Å². The Morgan fingerprint density at radius 1 is 1.22 bits per heavy atom. The Labute approximate surface area is 108 Å². The minimum Gasteiger partial charge on any atom is -0.357 e. The quantitative estimate of drug-likeness (QED) is 0.779. The molecule has 0 saturated heterocycles. The van der Waals surface area contributed by atoms with Crippen LogP contribution in [0.4, 0.5) is 5.13 Å². The zero-order chi connectivity index (χ0) is 12.2. The molecule has 0 aliphatic heterocycles. The summed E-state index contributed by atoms with van der Waals surface area (Å²) >= 11 is 1.55. The standard InChI is InChI=1S/C12H11N5S/c1-2-4-10(5-3-1)6-14-12-15-7-11(18-12)17-9-13-8-16-17/h1-5,7-9H,6H2,(H,14,15). The first-order valence-corrected chi connectivity index (χ1v) is 6.32. The van der Waals surface area contributed by atoms with Gasteiger partial charge in [0.15, 0.2) is 5.13 Å². The molecule has 1 N–H and O–H groups in total. The number of rotatable bonds is 4. The van der Waals surface area contributed by atoms with Crippen LogP contribution in [0.2, 0.25) is 0 Å². The van der Waals surface area contributed by atoms with Crippen molar-refractivity contribution in [1.82, 2.24) is 19.7 Å². The maximum atomic E-state index is 4.31. The monoisotopic (exact) mass is 257 g/mol. The van der Waals surface area contributed by atoms with E-state index in [9.17, 15) is 0 Å². The highest BCUT2D eigenvalue weighted by Gasteiger charge is 2.03. The summed E-state index contributed by atoms with van der Waals surface area (Å²) in [5.41, 5.74) is 1.23. The van der Waals surface area contributed by atoms with Gasteiger partial charge in [0.05, 0.1) is 6.20 Å². The fourth-order valence-corrected chi connectivity index (χ4v) is 2.29. The van der Waals surface area contributed by atoms with Crippen LogP contribution in [0, 0.1) is 0 Å². The van der Waals surface area contributed by atoms with Crippen LogP contribution < -0.4 is 5.32 Å². The maximum absolute atomic E-state index is 4.31. The van der Waals surface area contributed by atoms with Crippen molar-refractivity contribution in [3.05, 3.63) is 54.7 Å². The molecule has 5 nitrogen and oxygen atoms in total. The topological polar surface area (TPSA) is 55.6 Å². The fourth-order valence-electron chi connectivity index (χ4n) is 1.55. The van der Waals surface area contributed by atoms with Gasteiger partial charge < -0.3 is 5.32 Å². The molecule has 0 fully saturated rings. The number of aromatic nitrogens is 4. The lowest BCUT2D eigenvalue weighted by Crippen LogP contribution is -1.97. The predicted molar refractivity (Wildman–Crippen MR) is 70.8 cm³/mol. The van der Waals surface area contributed by atoms with Gasteiger partial charge in [-0.3, -0.25) is 0 Å². The van der Waals surface area contributed by atoms with Crippen molar-refractivity contribution in [2.75, 3.05) is 5.32 Å². The smallest absolute Gasteiger partial charge is 0.184 e. The van der Waals surface area contributed by atoms with Gasteiger partial charge in [0.1, 0.15) is 17.7 Å². The second-order valence-electron chi connectivity index (χ2n) is 3.68. The van der Waals surface area contributed by atoms with Gasteiger partial charge in [-0.25, -0.2) is 14.6 Å². The minimum atomic E-state index is 0.769. The van der Waals surface area contributed by atoms with Crippen molar-refractivity contribution in [1.29, 1.82) is 0 Å². The summed E-state index contributed by atoms with van der Waals surface area (Å²) in [6, 6.07) is 10.2. The molecule has 0 amide bonds. The van der Waals surface area contributed by atoms with E-state index in [-0.39, 0.29) is 0 Å². The lowest BCUT2D eigenvalue weighted by molar-refractivity contribution is 0.893. The molecule has 0 aliphatic carbocycles. The minimum absolute atomic E-state index is 0.769. The van der Waals surface area contributed by atoms with Gasteiger partial charge in [0, 0.05) is 6.54 Å². The van der Waals surface area contributed by atoms with E-state index < -0.39 is 0 Å². The van der Waals surface area contributed by atoms with Crippen LogP contribution in [0.1, 0.15) is 5.56 Å². The zero-order valence-electron chi connectivity index (χ0n) is 9.52. The Kier molecular flexibility index (Phi) is 3.01. The molecule has 0 radical (unpaired) electrons. The third-order valence-corrected chi connectivity index (χ3v) is 3.37. The highest BCUT2D eigenvalue weighted by atomic mass is 32.1. The number of thiazole rings is 1. The third-order valence-electron chi connectivity index (χ3n) is 2.42. The van der Waals surface area contributed by atoms with E-state index in [1.54, 1.807) is 28.5 Å². The number of hydrogen-bond acceptors (Lipinski definition) is 5. The van der Waals surface area contributed by atoms with Gasteiger partial charge in [0.25, 0.3) is 0 Å². The lowest BCUT2D eigenvalue weighted by atomic mass is 10.2. The lowest BCUT2D eigenvalue weighted by Gasteiger charge is -2.01. The number of nitrogens with zero attached hydrogens (tertiary/aromatic N) is 4. The summed E-state index contributed by atoms with van der Waals surface area (Å²) in [7, 11) is 0. The molecule has 90 valence electrons. The molecule has 18 heavy (non-hydrogen) atoms. The average molecular weight is 257 g/mol. The highest BCUT2D eigenvalue weighted by molar-refractivity contribution is 7.17. The summed E-state index contributed by atoms with van der Waals surface area (Å²) in [5.74, 6) is 0. The van der Waals surface area contributed by atoms with Gasteiger partial charge in [-0.05, 0) is 5.56 Å². The third kappa shape index (κ3) is 2.38. The van der Waals surface area contributed by atoms with Gasteiger partial charge in [-0.15, -0.1) is 0 Å². The summed E-state index contributed by atoms with van der Waals surface area (Å²) in [5, 5.41) is 9.18. The molecule has 0 bridgehead atoms. The van der Waals surface area contributed by atoms with E-state index >= 15 is 0 Å². The van der Waals surface area contributed by atoms with E-state index in [1.807, 2.05) is 18.2 Å². The molecule has 0 unspecified atom stereocenters. The molecular formula is C12H11N5S. The van der Waals surface area contributed by atoms with E-state index in [2.05, 4.69) is 32.5 Å². The molecule has 3 rings (SSSR count). The van der Waals surface area contributed by atoms with E-state index in [0.717, 1.165) is 16.7 Å². The summed E-state index contributed by atoms with van der Waals surface area (Å²) in [4.78, 5) is 8.22. The van der Waals surface area contributed by atoms with E-state index in [1.165, 1.54) is 11.9 Å². The molecule has 0 atom stereocenters. The Morgan fingerprint density at radius 2 is 2.11 bits per heavy atom. The largest absolute Gasteiger partial charge is 0.357 e. The van der Waals surface area contributed by atoms with Crippen LogP contribution >= 0.6 is 11.3 Å². The molecular weight excluding hydrogens is 246 g/mol. The summed E-state index contributed by atoms with van der Waals surface area (Å²) < 4.78 is 1.70. The maximum Gasteiger partial charge on any atom is 0.184 e. The van der Waals surface area contributed by atoms with Crippen molar-refractivity contribution >= 4 is 16.5 Å². The fraction of sp³-hybridized carbons (Fsp3) is 0.0833. The van der Waals surface area contributed by atoms with Crippen molar-refractivity contribution < 1.29 is 0 Å². The van der Waals surface area contributed by atoms with Crippen LogP contribution in [0.5, 0.6) is 0 Å². The Hall–Kier alpha value is -2.21. The van der Waals surface area contributed by atoms with Crippen molar-refractivity contribution in [2.45, 2.75) is 6.54 Å². The van der Waals surface area contributed by atoms with E-state index in [0.29, 0.717) is 0 Å². The molecule has 0 aliphatic rings. The van der Waals surface area contributed by atoms with Crippen LogP contribution in [0.25, 0.3) is 5.00 Å². The molecule has 0 spiro atoms. The van der Waals surface area contributed by atoms with Crippen LogP contribution in [-0.4, -0.2) is 19.7 Å². The normalized spacial score (nSPS) is 10.4. The summed E-state index contributed by atoms with van der Waals surface area (Å²) in [6.45, 7) is 0.769. The number of nitrogens with one attached hydrogen (secondary N) is 1. The SMILES string of the molecule is c1ccc(CNc2ncc(-n3cncn3)s2)cc1. The first-order chi connectivity index (χ1) is 8.92. The van der Waals surface area contributed by atoms with Gasteiger partial charge in [-0.2, -0.15) is 5.10 Å². The molecule has 6 heteroatoms. The van der Waals surface area contributed by atoms with Crippen molar-refractivity contribution in [3.8, 4) is 5.00 Å². The highest BCUT2D eigenvalue weighted by Crippen LogP contribution is 2.21. The zero-order valence-corrected chi connectivity index (χ0v) is 10.3. The molecule has 3 aromatic rings. The van der Waals surface area contributed by atoms with Gasteiger partial charge in [0.2, 0.25) is 0 Å². The second kappa shape index (κ2) is 4.97. The first-order valence-electron chi connectivity index (χ1n) is 5.50. The van der Waals surface area contributed by atoms with Gasteiger partial charge >= 0.3 is 0 Å². The van der Waals surface area contributed by atoms with Crippen LogP contribution in [0.15, 0.2) is 49.2 Å². The number of benzene rings is 1. The van der Waals surface area contributed by atoms with Crippen LogP contribution in [0.3, 0.4) is 0 Å². The Morgan fingerprint density at radius 3 is 2.89 bits per heavy atom. The second-order valence-corrected chi connectivity index (χ2v) is 4.69. The molecule has 1 aromatic carbocycles. The molecule has 2 aromatic heterocycles. The predicted octanol–water partition coefficient (Wildman–Crippen LogP) is 2.34. The molecule has 2 heterocycles. The van der Waals surface area contributed by atoms with Gasteiger partial charge in [-0.1, -0.05) is 41.7 Å². The molecule has 0 saturated carbocycles. The number of anilines is 1.